The van der Waals surface area contributed by atoms with E-state index in [9.17, 15) is 14.4 Å². The lowest BCUT2D eigenvalue weighted by Gasteiger charge is -2.25. The van der Waals surface area contributed by atoms with Gasteiger partial charge in [0.05, 0.1) is 5.92 Å². The molecule has 2 atom stereocenters. The van der Waals surface area contributed by atoms with Crippen molar-refractivity contribution >= 4 is 17.3 Å². The van der Waals surface area contributed by atoms with E-state index in [4.69, 9.17) is 4.74 Å². The average Bonchev–Trinajstić information content (AvgIpc) is 2.74. The van der Waals surface area contributed by atoms with Gasteiger partial charge in [0.1, 0.15) is 5.76 Å². The average molecular weight is 256 g/mol. The molecule has 0 amide bonds. The van der Waals surface area contributed by atoms with Crippen LogP contribution in [0.2, 0.25) is 0 Å². The number of benzene rings is 1. The smallest absolute Gasteiger partial charge is 0.205 e. The molecule has 1 heterocycles. The summed E-state index contributed by atoms with van der Waals surface area (Å²) in [5.74, 6) is -1.04. The third-order valence-corrected chi connectivity index (χ3v) is 3.67. The van der Waals surface area contributed by atoms with Crippen LogP contribution in [0.1, 0.15) is 34.6 Å². The summed E-state index contributed by atoms with van der Waals surface area (Å²) in [6.45, 7) is 3.02. The van der Waals surface area contributed by atoms with Crippen molar-refractivity contribution in [3.8, 4) is 0 Å². The second-order valence-electron chi connectivity index (χ2n) is 4.82. The van der Waals surface area contributed by atoms with Gasteiger partial charge in [-0.25, -0.2) is 0 Å². The van der Waals surface area contributed by atoms with Gasteiger partial charge in [0.2, 0.25) is 5.78 Å². The number of carbonyl (C=O) groups is 3. The molecule has 0 saturated heterocycles. The summed E-state index contributed by atoms with van der Waals surface area (Å²) in [6, 6.07) is 6.67. The van der Waals surface area contributed by atoms with Crippen LogP contribution >= 0.6 is 0 Å². The highest BCUT2D eigenvalue weighted by Gasteiger charge is 2.50. The Balaban J connectivity index is 2.18. The van der Waals surface area contributed by atoms with Crippen molar-refractivity contribution in [3.63, 3.8) is 0 Å². The minimum absolute atomic E-state index is 0.206. The van der Waals surface area contributed by atoms with Crippen LogP contribution < -0.4 is 0 Å². The third-order valence-electron chi connectivity index (χ3n) is 3.67. The number of ether oxygens (including phenoxy) is 1. The molecule has 4 nitrogen and oxygen atoms in total. The molecule has 0 unspecified atom stereocenters. The minimum atomic E-state index is -0.874. The van der Waals surface area contributed by atoms with Gasteiger partial charge in [-0.3, -0.25) is 14.4 Å². The Morgan fingerprint density at radius 1 is 1.11 bits per heavy atom. The van der Waals surface area contributed by atoms with Gasteiger partial charge in [-0.05, 0) is 13.8 Å². The second-order valence-corrected chi connectivity index (χ2v) is 4.82. The van der Waals surface area contributed by atoms with Gasteiger partial charge in [-0.1, -0.05) is 24.3 Å². The van der Waals surface area contributed by atoms with Crippen LogP contribution in [0.25, 0.3) is 0 Å². The van der Waals surface area contributed by atoms with Gasteiger partial charge in [-0.15, -0.1) is 0 Å². The van der Waals surface area contributed by atoms with Crippen LogP contribution in [0.3, 0.4) is 0 Å². The minimum Gasteiger partial charge on any atom is -0.485 e. The Morgan fingerprint density at radius 3 is 2.26 bits per heavy atom. The van der Waals surface area contributed by atoms with Crippen molar-refractivity contribution in [2.75, 3.05) is 0 Å². The maximum atomic E-state index is 12.5. The first-order valence-corrected chi connectivity index (χ1v) is 6.08. The number of hydrogen-bond acceptors (Lipinski definition) is 4. The van der Waals surface area contributed by atoms with Crippen molar-refractivity contribution in [2.24, 2.45) is 5.92 Å². The zero-order chi connectivity index (χ0) is 13.7. The molecule has 96 valence electrons. The summed E-state index contributed by atoms with van der Waals surface area (Å²) < 4.78 is 5.47. The van der Waals surface area contributed by atoms with E-state index in [0.29, 0.717) is 22.5 Å². The van der Waals surface area contributed by atoms with Crippen LogP contribution in [0, 0.1) is 5.92 Å². The van der Waals surface area contributed by atoms with Crippen LogP contribution in [0.15, 0.2) is 35.6 Å². The van der Waals surface area contributed by atoms with Gasteiger partial charge in [0.25, 0.3) is 0 Å². The fourth-order valence-corrected chi connectivity index (χ4v) is 2.87. The summed E-state index contributed by atoms with van der Waals surface area (Å²) in [5, 5.41) is 0. The largest absolute Gasteiger partial charge is 0.485 e. The van der Waals surface area contributed by atoms with E-state index in [0.717, 1.165) is 0 Å². The van der Waals surface area contributed by atoms with Crippen LogP contribution in [-0.4, -0.2) is 23.5 Å². The fourth-order valence-electron chi connectivity index (χ4n) is 2.87. The molecule has 0 radical (unpaired) electrons. The summed E-state index contributed by atoms with van der Waals surface area (Å²) in [7, 11) is 0. The van der Waals surface area contributed by atoms with E-state index >= 15 is 0 Å². The van der Waals surface area contributed by atoms with Crippen LogP contribution in [0.5, 0.6) is 0 Å². The van der Waals surface area contributed by atoms with E-state index in [-0.39, 0.29) is 17.3 Å². The Hall–Kier alpha value is -2.23. The van der Waals surface area contributed by atoms with Crippen molar-refractivity contribution < 1.29 is 19.1 Å². The number of ketones is 3. The molecule has 1 aliphatic heterocycles. The molecule has 0 aromatic heterocycles. The molecule has 4 heteroatoms. The van der Waals surface area contributed by atoms with Crippen LogP contribution in [-0.2, 0) is 9.53 Å². The normalized spacial score (nSPS) is 24.9. The van der Waals surface area contributed by atoms with Gasteiger partial charge < -0.3 is 4.74 Å². The van der Waals surface area contributed by atoms with E-state index < -0.39 is 12.0 Å². The number of fused-ring (bicyclic) bond motifs is 2. The molecule has 0 bridgehead atoms. The molecule has 0 N–H and O–H groups in total. The van der Waals surface area contributed by atoms with Gasteiger partial charge in [0, 0.05) is 16.7 Å². The lowest BCUT2D eigenvalue weighted by molar-refractivity contribution is -0.114. The first kappa shape index (κ1) is 11.8. The third kappa shape index (κ3) is 1.49. The van der Waals surface area contributed by atoms with Gasteiger partial charge in [-0.2, -0.15) is 0 Å². The molecule has 1 aliphatic carbocycles. The standard InChI is InChI=1S/C15H12O4/c1-7(16)11-8(2)19-15-12(11)13(17)9-5-3-4-6-10(9)14(15)18/h3-6,12,15H,1-2H3/t12-,15-/m0/s1. The molecule has 3 rings (SSSR count). The molecule has 0 spiro atoms. The quantitative estimate of drug-likeness (QED) is 0.770. The Morgan fingerprint density at radius 2 is 1.68 bits per heavy atom. The first-order valence-electron chi connectivity index (χ1n) is 6.08. The Labute approximate surface area is 110 Å². The zero-order valence-electron chi connectivity index (χ0n) is 10.6. The van der Waals surface area contributed by atoms with E-state index in [1.54, 1.807) is 31.2 Å². The maximum absolute atomic E-state index is 12.5. The van der Waals surface area contributed by atoms with Crippen molar-refractivity contribution in [1.82, 2.24) is 0 Å². The monoisotopic (exact) mass is 256 g/mol. The lowest BCUT2D eigenvalue weighted by atomic mass is 9.76. The van der Waals surface area contributed by atoms with Crippen molar-refractivity contribution in [1.29, 1.82) is 0 Å². The van der Waals surface area contributed by atoms with E-state index in [1.165, 1.54) is 6.92 Å². The second kappa shape index (κ2) is 3.88. The van der Waals surface area contributed by atoms with Crippen molar-refractivity contribution in [2.45, 2.75) is 20.0 Å². The fraction of sp³-hybridized carbons (Fsp3) is 0.267. The first-order chi connectivity index (χ1) is 9.02. The molecule has 0 saturated carbocycles. The van der Waals surface area contributed by atoms with Crippen LogP contribution in [0.4, 0.5) is 0 Å². The molecular weight excluding hydrogens is 244 g/mol. The SMILES string of the molecule is CC(=O)C1=C(C)O[C@@H]2C(=O)c3ccccc3C(=O)[C@H]12. The highest BCUT2D eigenvalue weighted by atomic mass is 16.5. The molecular formula is C15H12O4. The molecule has 0 fully saturated rings. The molecule has 2 aliphatic rings. The molecule has 1 aromatic carbocycles. The van der Waals surface area contributed by atoms with Crippen molar-refractivity contribution in [3.05, 3.63) is 46.7 Å². The Kier molecular flexibility index (Phi) is 2.42. The summed E-state index contributed by atoms with van der Waals surface area (Å²) in [6.07, 6.45) is -0.874. The highest BCUT2D eigenvalue weighted by molar-refractivity contribution is 6.21. The number of carbonyl (C=O) groups excluding carboxylic acids is 3. The molecule has 1 aromatic rings. The summed E-state index contributed by atoms with van der Waals surface area (Å²) >= 11 is 0. The Bertz CT molecular complexity index is 654. The molecule has 19 heavy (non-hydrogen) atoms. The predicted octanol–water partition coefficient (Wildman–Crippen LogP) is 1.94. The lowest BCUT2D eigenvalue weighted by Crippen LogP contribution is -2.40. The van der Waals surface area contributed by atoms with E-state index in [1.807, 2.05) is 0 Å². The maximum Gasteiger partial charge on any atom is 0.205 e. The number of Topliss-reactive ketones (excluding diaryl/α,β-unsaturated/α-hetero) is 3. The topological polar surface area (TPSA) is 60.4 Å². The number of allylic oxidation sites excluding steroid dienone is 1. The number of hydrogen-bond donors (Lipinski definition) is 0. The summed E-state index contributed by atoms with van der Waals surface area (Å²) in [4.78, 5) is 36.5. The highest BCUT2D eigenvalue weighted by Crippen LogP contribution is 2.39. The van der Waals surface area contributed by atoms with Gasteiger partial charge >= 0.3 is 0 Å². The number of rotatable bonds is 1. The van der Waals surface area contributed by atoms with E-state index in [2.05, 4.69) is 0 Å². The zero-order valence-corrected chi connectivity index (χ0v) is 10.6. The van der Waals surface area contributed by atoms with Gasteiger partial charge in [0.15, 0.2) is 17.7 Å². The summed E-state index contributed by atoms with van der Waals surface area (Å²) in [5.41, 5.74) is 1.09. The predicted molar refractivity (Wildman–Crippen MR) is 66.8 cm³/mol.